The molecule has 0 radical (unpaired) electrons. The molecule has 0 aliphatic heterocycles. The zero-order valence-electron chi connectivity index (χ0n) is 10.4. The molecule has 1 rings (SSSR count). The van der Waals surface area contributed by atoms with Crippen molar-refractivity contribution in [3.05, 3.63) is 22.2 Å². The number of carbonyl (C=O) groups is 1. The van der Waals surface area contributed by atoms with Crippen molar-refractivity contribution in [2.45, 2.75) is 39.7 Å². The zero-order valence-corrected chi connectivity index (χ0v) is 12.0. The fourth-order valence-electron chi connectivity index (χ4n) is 1.63. The van der Waals surface area contributed by atoms with Crippen LogP contribution in [0.4, 0.5) is 5.69 Å². The fraction of sp³-hybridized carbons (Fsp3) is 0.462. The maximum absolute atomic E-state index is 11.6. The van der Waals surface area contributed by atoms with Crippen LogP contribution in [0.25, 0.3) is 0 Å². The molecular formula is C13H18BrNO2. The SMILES string of the molecule is CCC(CC)Oc1c(N)cc(Br)cc1C(C)=O. The van der Waals surface area contributed by atoms with Crippen LogP contribution < -0.4 is 10.5 Å². The molecule has 94 valence electrons. The number of ketones is 1. The monoisotopic (exact) mass is 299 g/mol. The lowest BCUT2D eigenvalue weighted by Crippen LogP contribution is -2.16. The van der Waals surface area contributed by atoms with Crippen LogP contribution in [0.3, 0.4) is 0 Å². The van der Waals surface area contributed by atoms with Crippen LogP contribution >= 0.6 is 15.9 Å². The molecule has 1 aromatic carbocycles. The molecule has 0 bridgehead atoms. The summed E-state index contributed by atoms with van der Waals surface area (Å²) in [5.41, 5.74) is 6.94. The average Bonchev–Trinajstić information content (AvgIpc) is 2.27. The molecular weight excluding hydrogens is 282 g/mol. The van der Waals surface area contributed by atoms with Gasteiger partial charge >= 0.3 is 0 Å². The van der Waals surface area contributed by atoms with Gasteiger partial charge in [-0.1, -0.05) is 29.8 Å². The summed E-state index contributed by atoms with van der Waals surface area (Å²) in [6, 6.07) is 3.50. The first-order chi connectivity index (χ1) is 7.99. The third-order valence-electron chi connectivity index (χ3n) is 2.66. The Morgan fingerprint density at radius 2 is 2.00 bits per heavy atom. The molecule has 1 aromatic rings. The number of carbonyl (C=O) groups excluding carboxylic acids is 1. The summed E-state index contributed by atoms with van der Waals surface area (Å²) in [4.78, 5) is 11.6. The highest BCUT2D eigenvalue weighted by molar-refractivity contribution is 9.10. The Morgan fingerprint density at radius 3 is 2.47 bits per heavy atom. The Labute approximate surface area is 110 Å². The molecule has 0 saturated heterocycles. The van der Waals surface area contributed by atoms with E-state index in [4.69, 9.17) is 10.5 Å². The number of hydrogen-bond donors (Lipinski definition) is 1. The highest BCUT2D eigenvalue weighted by Crippen LogP contribution is 2.32. The number of hydrogen-bond acceptors (Lipinski definition) is 3. The summed E-state index contributed by atoms with van der Waals surface area (Å²) in [6.45, 7) is 5.62. The minimum atomic E-state index is -0.0426. The largest absolute Gasteiger partial charge is 0.488 e. The Bertz CT molecular complexity index is 414. The van der Waals surface area contributed by atoms with Crippen molar-refractivity contribution in [3.8, 4) is 5.75 Å². The summed E-state index contributed by atoms with van der Waals surface area (Å²) in [7, 11) is 0. The van der Waals surface area contributed by atoms with Gasteiger partial charge in [0.1, 0.15) is 0 Å². The lowest BCUT2D eigenvalue weighted by atomic mass is 10.1. The van der Waals surface area contributed by atoms with Gasteiger partial charge in [-0.2, -0.15) is 0 Å². The lowest BCUT2D eigenvalue weighted by molar-refractivity contribution is 0.100. The second-order valence-electron chi connectivity index (χ2n) is 3.98. The molecule has 4 heteroatoms. The number of halogens is 1. The van der Waals surface area contributed by atoms with Crippen LogP contribution in [0.2, 0.25) is 0 Å². The normalized spacial score (nSPS) is 10.6. The molecule has 2 N–H and O–H groups in total. The lowest BCUT2D eigenvalue weighted by Gasteiger charge is -2.19. The second kappa shape index (κ2) is 6.05. The van der Waals surface area contributed by atoms with E-state index in [-0.39, 0.29) is 11.9 Å². The van der Waals surface area contributed by atoms with Gasteiger partial charge in [-0.05, 0) is 31.9 Å². The van der Waals surface area contributed by atoms with Crippen LogP contribution in [0.1, 0.15) is 44.0 Å². The topological polar surface area (TPSA) is 52.3 Å². The van der Waals surface area contributed by atoms with E-state index in [2.05, 4.69) is 29.8 Å². The van der Waals surface area contributed by atoms with Crippen molar-refractivity contribution >= 4 is 27.4 Å². The number of Topliss-reactive ketones (excluding diaryl/α,β-unsaturated/α-hetero) is 1. The quantitative estimate of drug-likeness (QED) is 0.664. The van der Waals surface area contributed by atoms with Gasteiger partial charge in [-0.3, -0.25) is 4.79 Å². The van der Waals surface area contributed by atoms with Crippen LogP contribution in [-0.4, -0.2) is 11.9 Å². The minimum absolute atomic E-state index is 0.0426. The van der Waals surface area contributed by atoms with E-state index in [1.165, 1.54) is 6.92 Å². The maximum atomic E-state index is 11.6. The van der Waals surface area contributed by atoms with Gasteiger partial charge in [-0.25, -0.2) is 0 Å². The third kappa shape index (κ3) is 3.46. The Morgan fingerprint density at radius 1 is 1.41 bits per heavy atom. The maximum Gasteiger partial charge on any atom is 0.163 e. The summed E-state index contributed by atoms with van der Waals surface area (Å²) in [6.07, 6.45) is 1.88. The van der Waals surface area contributed by atoms with Crippen LogP contribution in [0.15, 0.2) is 16.6 Å². The van der Waals surface area contributed by atoms with Crippen molar-refractivity contribution in [2.75, 3.05) is 5.73 Å². The molecule has 0 aromatic heterocycles. The highest BCUT2D eigenvalue weighted by atomic mass is 79.9. The molecule has 0 aliphatic rings. The van der Waals surface area contributed by atoms with Gasteiger partial charge in [0.05, 0.1) is 17.4 Å². The molecule has 0 fully saturated rings. The number of anilines is 1. The Balaban J connectivity index is 3.16. The van der Waals surface area contributed by atoms with Gasteiger partial charge in [0.2, 0.25) is 0 Å². The van der Waals surface area contributed by atoms with Crippen molar-refractivity contribution in [3.63, 3.8) is 0 Å². The van der Waals surface area contributed by atoms with Gasteiger partial charge in [-0.15, -0.1) is 0 Å². The smallest absolute Gasteiger partial charge is 0.163 e. The van der Waals surface area contributed by atoms with Crippen molar-refractivity contribution in [1.82, 2.24) is 0 Å². The molecule has 0 saturated carbocycles. The van der Waals surface area contributed by atoms with Gasteiger partial charge in [0.15, 0.2) is 11.5 Å². The highest BCUT2D eigenvalue weighted by Gasteiger charge is 2.16. The minimum Gasteiger partial charge on any atom is -0.488 e. The molecule has 0 amide bonds. The fourth-order valence-corrected chi connectivity index (χ4v) is 2.11. The van der Waals surface area contributed by atoms with Crippen molar-refractivity contribution < 1.29 is 9.53 Å². The first kappa shape index (κ1) is 14.0. The van der Waals surface area contributed by atoms with E-state index in [0.717, 1.165) is 17.3 Å². The van der Waals surface area contributed by atoms with Gasteiger partial charge in [0, 0.05) is 4.47 Å². The van der Waals surface area contributed by atoms with Crippen LogP contribution in [0, 0.1) is 0 Å². The number of ether oxygens (including phenoxy) is 1. The van der Waals surface area contributed by atoms with E-state index < -0.39 is 0 Å². The molecule has 0 aliphatic carbocycles. The van der Waals surface area contributed by atoms with Crippen molar-refractivity contribution in [1.29, 1.82) is 0 Å². The third-order valence-corrected chi connectivity index (χ3v) is 3.11. The Kier molecular flexibility index (Phi) is 5.00. The predicted octanol–water partition coefficient (Wildman–Crippen LogP) is 3.80. The van der Waals surface area contributed by atoms with E-state index >= 15 is 0 Å². The van der Waals surface area contributed by atoms with E-state index in [9.17, 15) is 4.79 Å². The summed E-state index contributed by atoms with van der Waals surface area (Å²) >= 11 is 3.33. The Hall–Kier alpha value is -1.03. The van der Waals surface area contributed by atoms with Crippen LogP contribution in [-0.2, 0) is 0 Å². The predicted molar refractivity (Wildman–Crippen MR) is 73.6 cm³/mol. The number of benzene rings is 1. The zero-order chi connectivity index (χ0) is 13.0. The average molecular weight is 300 g/mol. The van der Waals surface area contributed by atoms with Crippen molar-refractivity contribution in [2.24, 2.45) is 0 Å². The summed E-state index contributed by atoms with van der Waals surface area (Å²) < 4.78 is 6.61. The molecule has 0 heterocycles. The van der Waals surface area contributed by atoms with E-state index in [1.54, 1.807) is 12.1 Å². The number of nitrogen functional groups attached to an aromatic ring is 1. The second-order valence-corrected chi connectivity index (χ2v) is 4.90. The molecule has 0 unspecified atom stereocenters. The van der Waals surface area contributed by atoms with E-state index in [0.29, 0.717) is 17.0 Å². The molecule has 17 heavy (non-hydrogen) atoms. The molecule has 0 atom stereocenters. The molecule has 3 nitrogen and oxygen atoms in total. The first-order valence-electron chi connectivity index (χ1n) is 5.76. The molecule has 0 spiro atoms. The standard InChI is InChI=1S/C13H18BrNO2/c1-4-10(5-2)17-13-11(8(3)16)6-9(14)7-12(13)15/h6-7,10H,4-5,15H2,1-3H3. The van der Waals surface area contributed by atoms with Crippen LogP contribution in [0.5, 0.6) is 5.75 Å². The number of rotatable bonds is 5. The van der Waals surface area contributed by atoms with Gasteiger partial charge in [0.25, 0.3) is 0 Å². The number of nitrogens with two attached hydrogens (primary N) is 1. The summed E-state index contributed by atoms with van der Waals surface area (Å²) in [5.74, 6) is 0.466. The summed E-state index contributed by atoms with van der Waals surface area (Å²) in [5, 5.41) is 0. The first-order valence-corrected chi connectivity index (χ1v) is 6.55. The van der Waals surface area contributed by atoms with E-state index in [1.807, 2.05) is 0 Å². The van der Waals surface area contributed by atoms with Gasteiger partial charge < -0.3 is 10.5 Å².